The maximum Gasteiger partial charge on any atom is 0.226 e. The summed E-state index contributed by atoms with van der Waals surface area (Å²) in [4.78, 5) is 12.0. The van der Waals surface area contributed by atoms with Crippen molar-refractivity contribution in [3.63, 3.8) is 0 Å². The minimum absolute atomic E-state index is 0.0252. The number of carbonyl (C=O) groups excluding carboxylic acids is 1. The first kappa shape index (κ1) is 15.2. The topological polar surface area (TPSA) is 29.1 Å². The van der Waals surface area contributed by atoms with E-state index in [1.807, 2.05) is 13.8 Å². The van der Waals surface area contributed by atoms with Crippen molar-refractivity contribution in [3.8, 4) is 0 Å². The van der Waals surface area contributed by atoms with E-state index in [4.69, 9.17) is 0 Å². The summed E-state index contributed by atoms with van der Waals surface area (Å²) in [7, 11) is 0. The van der Waals surface area contributed by atoms with Gasteiger partial charge in [-0.3, -0.25) is 4.79 Å². The van der Waals surface area contributed by atoms with Crippen molar-refractivity contribution in [1.29, 1.82) is 0 Å². The molecule has 4 fully saturated rings. The Kier molecular flexibility index (Phi) is 3.55. The zero-order valence-corrected chi connectivity index (χ0v) is 14.7. The van der Waals surface area contributed by atoms with Crippen molar-refractivity contribution in [2.45, 2.75) is 64.7 Å². The molecule has 0 unspecified atom stereocenters. The van der Waals surface area contributed by atoms with Crippen LogP contribution < -0.4 is 5.32 Å². The molecule has 0 atom stereocenters. The van der Waals surface area contributed by atoms with Gasteiger partial charge in [-0.2, -0.15) is 0 Å². The lowest BCUT2D eigenvalue weighted by Gasteiger charge is -2.57. The number of hydrogen-bond acceptors (Lipinski definition) is 1. The maximum absolute atomic E-state index is 12.0. The van der Waals surface area contributed by atoms with E-state index in [9.17, 15) is 4.79 Å². The molecule has 2 nitrogen and oxygen atoms in total. The molecule has 0 aromatic heterocycles. The normalized spacial score (nSPS) is 34.9. The first-order valence-electron chi connectivity index (χ1n) is 9.37. The Bertz CT molecular complexity index is 595. The van der Waals surface area contributed by atoms with E-state index in [0.29, 0.717) is 5.41 Å². The molecule has 1 aromatic carbocycles. The summed E-state index contributed by atoms with van der Waals surface area (Å²) in [6.07, 6.45) is 8.66. The molecule has 1 aromatic rings. The van der Waals surface area contributed by atoms with E-state index in [0.717, 1.165) is 23.4 Å². The van der Waals surface area contributed by atoms with Gasteiger partial charge in [-0.1, -0.05) is 26.0 Å². The Morgan fingerprint density at radius 1 is 1.09 bits per heavy atom. The average Bonchev–Trinajstić information content (AvgIpc) is 2.47. The fraction of sp³-hybridized carbons (Fsp3) is 0.667. The van der Waals surface area contributed by atoms with E-state index in [1.165, 1.54) is 49.7 Å². The van der Waals surface area contributed by atoms with Crippen LogP contribution in [-0.2, 0) is 10.2 Å². The smallest absolute Gasteiger partial charge is 0.226 e. The number of rotatable bonds is 3. The lowest BCUT2D eigenvalue weighted by molar-refractivity contribution is -0.118. The van der Waals surface area contributed by atoms with E-state index >= 15 is 0 Å². The summed E-state index contributed by atoms with van der Waals surface area (Å²) < 4.78 is 0. The van der Waals surface area contributed by atoms with Crippen LogP contribution in [0.4, 0.5) is 5.69 Å². The monoisotopic (exact) mass is 311 g/mol. The van der Waals surface area contributed by atoms with Crippen molar-refractivity contribution in [2.75, 3.05) is 5.32 Å². The Morgan fingerprint density at radius 2 is 1.65 bits per heavy atom. The van der Waals surface area contributed by atoms with Crippen LogP contribution in [0.15, 0.2) is 18.2 Å². The van der Waals surface area contributed by atoms with Crippen LogP contribution in [0.3, 0.4) is 0 Å². The van der Waals surface area contributed by atoms with Crippen molar-refractivity contribution in [3.05, 3.63) is 29.3 Å². The third-order valence-corrected chi connectivity index (χ3v) is 6.66. The minimum atomic E-state index is 0.0252. The average molecular weight is 311 g/mol. The van der Waals surface area contributed by atoms with Crippen LogP contribution in [0.2, 0.25) is 0 Å². The molecule has 124 valence electrons. The number of aryl methyl sites for hydroxylation is 1. The van der Waals surface area contributed by atoms with Gasteiger partial charge in [0.25, 0.3) is 0 Å². The molecule has 5 rings (SSSR count). The molecule has 0 saturated heterocycles. The predicted molar refractivity (Wildman–Crippen MR) is 94.5 cm³/mol. The number of anilines is 1. The third kappa shape index (κ3) is 2.60. The number of benzene rings is 1. The SMILES string of the molecule is Cc1cc(C23CC4CC(CC(C4)C2)C3)ccc1NC(=O)C(C)C. The van der Waals surface area contributed by atoms with Crippen LogP contribution in [0, 0.1) is 30.6 Å². The van der Waals surface area contributed by atoms with Gasteiger partial charge in [0.1, 0.15) is 0 Å². The summed E-state index contributed by atoms with van der Waals surface area (Å²) in [6, 6.07) is 6.81. The highest BCUT2D eigenvalue weighted by atomic mass is 16.1. The molecule has 2 heteroatoms. The fourth-order valence-electron chi connectivity index (χ4n) is 5.88. The summed E-state index contributed by atoms with van der Waals surface area (Å²) in [5.74, 6) is 3.05. The number of carbonyl (C=O) groups is 1. The van der Waals surface area contributed by atoms with Gasteiger partial charge < -0.3 is 5.32 Å². The summed E-state index contributed by atoms with van der Waals surface area (Å²) >= 11 is 0. The highest BCUT2D eigenvalue weighted by molar-refractivity contribution is 5.92. The Labute approximate surface area is 140 Å². The number of nitrogens with one attached hydrogen (secondary N) is 1. The van der Waals surface area contributed by atoms with Gasteiger partial charge in [0.2, 0.25) is 5.91 Å². The molecule has 1 N–H and O–H groups in total. The van der Waals surface area contributed by atoms with Gasteiger partial charge in [0.05, 0.1) is 0 Å². The zero-order chi connectivity index (χ0) is 16.2. The second-order valence-electron chi connectivity index (χ2n) is 8.87. The highest BCUT2D eigenvalue weighted by Crippen LogP contribution is 2.60. The highest BCUT2D eigenvalue weighted by Gasteiger charge is 2.51. The van der Waals surface area contributed by atoms with E-state index in [-0.39, 0.29) is 11.8 Å². The molecule has 4 aliphatic carbocycles. The standard InChI is InChI=1S/C21H29NO/c1-13(2)20(23)22-19-5-4-18(6-14(19)3)21-10-15-7-16(11-21)9-17(8-15)12-21/h4-6,13,15-17H,7-12H2,1-3H3,(H,22,23). The fourth-order valence-corrected chi connectivity index (χ4v) is 5.88. The quantitative estimate of drug-likeness (QED) is 0.831. The molecule has 0 aliphatic heterocycles. The van der Waals surface area contributed by atoms with Gasteiger partial charge in [-0.25, -0.2) is 0 Å². The number of hydrogen-bond donors (Lipinski definition) is 1. The van der Waals surface area contributed by atoms with Crippen LogP contribution >= 0.6 is 0 Å². The van der Waals surface area contributed by atoms with E-state index in [1.54, 1.807) is 0 Å². The zero-order valence-electron chi connectivity index (χ0n) is 14.7. The van der Waals surface area contributed by atoms with Crippen LogP contribution in [0.25, 0.3) is 0 Å². The molecule has 4 saturated carbocycles. The van der Waals surface area contributed by atoms with Gasteiger partial charge in [0.15, 0.2) is 0 Å². The summed E-state index contributed by atoms with van der Waals surface area (Å²) in [6.45, 7) is 6.02. The van der Waals surface area contributed by atoms with Crippen molar-refractivity contribution >= 4 is 11.6 Å². The summed E-state index contributed by atoms with van der Waals surface area (Å²) in [5.41, 5.74) is 4.18. The molecule has 0 heterocycles. The molecular formula is C21H29NO. The van der Waals surface area contributed by atoms with Gasteiger partial charge in [0, 0.05) is 11.6 Å². The van der Waals surface area contributed by atoms with Gasteiger partial charge >= 0.3 is 0 Å². The summed E-state index contributed by atoms with van der Waals surface area (Å²) in [5, 5.41) is 3.07. The molecule has 4 bridgehead atoms. The lowest BCUT2D eigenvalue weighted by atomic mass is 9.48. The lowest BCUT2D eigenvalue weighted by Crippen LogP contribution is -2.48. The molecule has 0 radical (unpaired) electrons. The van der Waals surface area contributed by atoms with E-state index in [2.05, 4.69) is 30.4 Å². The number of amides is 1. The second kappa shape index (κ2) is 5.36. The van der Waals surface area contributed by atoms with Crippen molar-refractivity contribution in [1.82, 2.24) is 0 Å². The van der Waals surface area contributed by atoms with Crippen LogP contribution in [-0.4, -0.2) is 5.91 Å². The second-order valence-corrected chi connectivity index (χ2v) is 8.87. The molecule has 23 heavy (non-hydrogen) atoms. The molecule has 1 amide bonds. The molecule has 4 aliphatic rings. The maximum atomic E-state index is 12.0. The minimum Gasteiger partial charge on any atom is -0.326 e. The largest absolute Gasteiger partial charge is 0.326 e. The molecular weight excluding hydrogens is 282 g/mol. The first-order chi connectivity index (χ1) is 10.9. The van der Waals surface area contributed by atoms with E-state index < -0.39 is 0 Å². The van der Waals surface area contributed by atoms with Crippen LogP contribution in [0.1, 0.15) is 63.5 Å². The van der Waals surface area contributed by atoms with Crippen molar-refractivity contribution in [2.24, 2.45) is 23.7 Å². The van der Waals surface area contributed by atoms with Crippen LogP contribution in [0.5, 0.6) is 0 Å². The predicted octanol–water partition coefficient (Wildman–Crippen LogP) is 5.06. The Morgan fingerprint density at radius 3 is 2.13 bits per heavy atom. The first-order valence-corrected chi connectivity index (χ1v) is 9.37. The van der Waals surface area contributed by atoms with Gasteiger partial charge in [-0.05, 0) is 85.8 Å². The third-order valence-electron chi connectivity index (χ3n) is 6.66. The molecule has 0 spiro atoms. The van der Waals surface area contributed by atoms with Gasteiger partial charge in [-0.15, -0.1) is 0 Å². The Hall–Kier alpha value is -1.31. The van der Waals surface area contributed by atoms with Crippen molar-refractivity contribution < 1.29 is 4.79 Å². The Balaban J connectivity index is 1.61.